The summed E-state index contributed by atoms with van der Waals surface area (Å²) in [5.74, 6) is -1.01. The molecule has 1 saturated heterocycles. The molecular formula is C22H27F3Si. The summed E-state index contributed by atoms with van der Waals surface area (Å²) in [4.78, 5) is 0. The molecule has 3 rings (SSSR count). The quantitative estimate of drug-likeness (QED) is 0.482. The minimum Gasteiger partial charge on any atom is -0.248 e. The second-order valence-electron chi connectivity index (χ2n) is 7.68. The van der Waals surface area contributed by atoms with Crippen molar-refractivity contribution in [3.63, 3.8) is 0 Å². The number of hydrogen-bond donors (Lipinski definition) is 0. The van der Waals surface area contributed by atoms with E-state index < -0.39 is 26.6 Å². The lowest BCUT2D eigenvalue weighted by molar-refractivity contribution is 0.338. The van der Waals surface area contributed by atoms with E-state index >= 15 is 0 Å². The van der Waals surface area contributed by atoms with Crippen molar-refractivity contribution in [2.45, 2.75) is 62.8 Å². The molecule has 1 aliphatic rings. The molecule has 1 fully saturated rings. The Morgan fingerprint density at radius 1 is 0.962 bits per heavy atom. The van der Waals surface area contributed by atoms with Gasteiger partial charge in [0.05, 0.1) is 6.17 Å². The van der Waals surface area contributed by atoms with Crippen LogP contribution in [0.3, 0.4) is 0 Å². The van der Waals surface area contributed by atoms with Gasteiger partial charge in [0.1, 0.15) is 0 Å². The second-order valence-corrected chi connectivity index (χ2v) is 11.1. The van der Waals surface area contributed by atoms with Crippen LogP contribution >= 0.6 is 0 Å². The van der Waals surface area contributed by atoms with Crippen LogP contribution < -0.4 is 0 Å². The molecule has 4 heteroatoms. The van der Waals surface area contributed by atoms with Crippen molar-refractivity contribution >= 4 is 8.80 Å². The molecule has 1 aliphatic heterocycles. The third-order valence-electron chi connectivity index (χ3n) is 5.70. The van der Waals surface area contributed by atoms with Crippen LogP contribution in [0.2, 0.25) is 18.1 Å². The average Bonchev–Trinajstić information content (AvgIpc) is 2.64. The third kappa shape index (κ3) is 5.00. The Morgan fingerprint density at radius 3 is 2.23 bits per heavy atom. The van der Waals surface area contributed by atoms with E-state index in [1.54, 1.807) is 13.0 Å². The molecule has 1 heterocycles. The van der Waals surface area contributed by atoms with Gasteiger partial charge in [-0.1, -0.05) is 54.9 Å². The van der Waals surface area contributed by atoms with Gasteiger partial charge in [0.2, 0.25) is 0 Å². The molecule has 26 heavy (non-hydrogen) atoms. The standard InChI is InChI=1S/C22H27F3Si/c1-16(23)3-2-12-26-13-10-19(11-14-26)17-4-6-18(7-5-17)20-8-9-21(24)22(25)15-20/h4-9,15-16,19,26H,2-3,10-14H2,1H3/t16?,19-,26-. The normalized spacial score (nSPS) is 21.5. The van der Waals surface area contributed by atoms with E-state index in [-0.39, 0.29) is 0 Å². The minimum atomic E-state index is -0.813. The summed E-state index contributed by atoms with van der Waals surface area (Å²) in [6.45, 7) is 1.66. The average molecular weight is 377 g/mol. The SMILES string of the molecule is CC(F)CCC[Si@H]1CC[C@H](c2ccc(-c3ccc(F)c(F)c3)cc2)CC1. The van der Waals surface area contributed by atoms with Crippen LogP contribution in [0.4, 0.5) is 13.2 Å². The van der Waals surface area contributed by atoms with Gasteiger partial charge >= 0.3 is 0 Å². The van der Waals surface area contributed by atoms with E-state index in [0.717, 1.165) is 18.4 Å². The maximum Gasteiger partial charge on any atom is 0.159 e. The molecule has 0 nitrogen and oxygen atoms in total. The summed E-state index contributed by atoms with van der Waals surface area (Å²) < 4.78 is 39.4. The van der Waals surface area contributed by atoms with Gasteiger partial charge in [-0.05, 0) is 60.9 Å². The number of halogens is 3. The van der Waals surface area contributed by atoms with Crippen molar-refractivity contribution in [1.29, 1.82) is 0 Å². The maximum absolute atomic E-state index is 13.4. The fourth-order valence-electron chi connectivity index (χ4n) is 4.10. The van der Waals surface area contributed by atoms with Gasteiger partial charge in [0.25, 0.3) is 0 Å². The first-order valence-electron chi connectivity index (χ1n) is 9.72. The van der Waals surface area contributed by atoms with Gasteiger partial charge in [-0.15, -0.1) is 0 Å². The van der Waals surface area contributed by atoms with Crippen LogP contribution in [0.15, 0.2) is 42.5 Å². The van der Waals surface area contributed by atoms with Crippen LogP contribution in [-0.4, -0.2) is 15.0 Å². The predicted octanol–water partition coefficient (Wildman–Crippen LogP) is 6.87. The number of alkyl halides is 1. The van der Waals surface area contributed by atoms with Crippen LogP contribution in [-0.2, 0) is 0 Å². The van der Waals surface area contributed by atoms with Crippen LogP contribution in [0.5, 0.6) is 0 Å². The highest BCUT2D eigenvalue weighted by atomic mass is 28.3. The van der Waals surface area contributed by atoms with Gasteiger partial charge < -0.3 is 0 Å². The number of hydrogen-bond acceptors (Lipinski definition) is 0. The molecule has 0 bridgehead atoms. The summed E-state index contributed by atoms with van der Waals surface area (Å²) in [6, 6.07) is 16.3. The largest absolute Gasteiger partial charge is 0.248 e. The molecule has 0 radical (unpaired) electrons. The zero-order valence-electron chi connectivity index (χ0n) is 15.4. The van der Waals surface area contributed by atoms with Crippen molar-refractivity contribution in [3.8, 4) is 11.1 Å². The first-order valence-corrected chi connectivity index (χ1v) is 12.2. The topological polar surface area (TPSA) is 0 Å². The molecule has 140 valence electrons. The Kier molecular flexibility index (Phi) is 6.57. The number of benzene rings is 2. The number of rotatable bonds is 6. The monoisotopic (exact) mass is 376 g/mol. The van der Waals surface area contributed by atoms with Crippen molar-refractivity contribution in [2.24, 2.45) is 0 Å². The molecule has 0 aromatic heterocycles. The van der Waals surface area contributed by atoms with Crippen LogP contribution in [0, 0.1) is 11.6 Å². The molecule has 1 unspecified atom stereocenters. The van der Waals surface area contributed by atoms with Crippen molar-refractivity contribution < 1.29 is 13.2 Å². The Morgan fingerprint density at radius 2 is 1.62 bits per heavy atom. The summed E-state index contributed by atoms with van der Waals surface area (Å²) in [5.41, 5.74) is 2.96. The van der Waals surface area contributed by atoms with E-state index in [2.05, 4.69) is 12.1 Å². The molecule has 0 spiro atoms. The highest BCUT2D eigenvalue weighted by Crippen LogP contribution is 2.36. The minimum absolute atomic E-state index is 0.609. The molecule has 1 atom stereocenters. The van der Waals surface area contributed by atoms with E-state index in [1.807, 2.05) is 12.1 Å². The van der Waals surface area contributed by atoms with Gasteiger partial charge in [0.15, 0.2) is 11.6 Å². The summed E-state index contributed by atoms with van der Waals surface area (Å²) in [7, 11) is -0.660. The highest BCUT2D eigenvalue weighted by Gasteiger charge is 2.23. The molecule has 2 aromatic rings. The lowest BCUT2D eigenvalue weighted by Crippen LogP contribution is -2.20. The van der Waals surface area contributed by atoms with Gasteiger partial charge in [0, 0.05) is 8.80 Å². The lowest BCUT2D eigenvalue weighted by atomic mass is 9.92. The summed E-state index contributed by atoms with van der Waals surface area (Å²) in [6.07, 6.45) is 3.60. The van der Waals surface area contributed by atoms with E-state index in [1.165, 1.54) is 48.7 Å². The Labute approximate surface area is 156 Å². The molecule has 2 aromatic carbocycles. The second kappa shape index (κ2) is 8.89. The van der Waals surface area contributed by atoms with E-state index in [4.69, 9.17) is 0 Å². The lowest BCUT2D eigenvalue weighted by Gasteiger charge is -2.28. The predicted molar refractivity (Wildman–Crippen MR) is 105 cm³/mol. The van der Waals surface area contributed by atoms with Crippen LogP contribution in [0.25, 0.3) is 11.1 Å². The van der Waals surface area contributed by atoms with Crippen molar-refractivity contribution in [2.75, 3.05) is 0 Å². The fraction of sp³-hybridized carbons (Fsp3) is 0.455. The Hall–Kier alpha value is -1.55. The van der Waals surface area contributed by atoms with E-state index in [0.29, 0.717) is 11.5 Å². The molecule has 0 aliphatic carbocycles. The fourth-order valence-corrected chi connectivity index (χ4v) is 7.52. The zero-order chi connectivity index (χ0) is 18.5. The summed E-state index contributed by atoms with van der Waals surface area (Å²) in [5, 5.41) is 0. The third-order valence-corrected chi connectivity index (χ3v) is 9.22. The Bertz CT molecular complexity index is 704. The zero-order valence-corrected chi connectivity index (χ0v) is 16.5. The van der Waals surface area contributed by atoms with Gasteiger partial charge in [-0.3, -0.25) is 0 Å². The smallest absolute Gasteiger partial charge is 0.159 e. The first kappa shape index (κ1) is 19.2. The van der Waals surface area contributed by atoms with Gasteiger partial charge in [-0.2, -0.15) is 0 Å². The first-order chi connectivity index (χ1) is 12.5. The van der Waals surface area contributed by atoms with Crippen LogP contribution in [0.1, 0.15) is 44.1 Å². The van der Waals surface area contributed by atoms with E-state index in [9.17, 15) is 13.2 Å². The Balaban J connectivity index is 1.55. The highest BCUT2D eigenvalue weighted by molar-refractivity contribution is 6.59. The summed E-state index contributed by atoms with van der Waals surface area (Å²) >= 11 is 0. The van der Waals surface area contributed by atoms with Crippen molar-refractivity contribution in [1.82, 2.24) is 0 Å². The molecule has 0 N–H and O–H groups in total. The van der Waals surface area contributed by atoms with Crippen molar-refractivity contribution in [3.05, 3.63) is 59.7 Å². The molecule has 0 saturated carbocycles. The van der Waals surface area contributed by atoms with Gasteiger partial charge in [-0.25, -0.2) is 13.2 Å². The maximum atomic E-state index is 13.4. The molecular weight excluding hydrogens is 349 g/mol. The molecule has 0 amide bonds.